The normalized spacial score (nSPS) is 22.8. The average Bonchev–Trinajstić information content (AvgIpc) is 2.46. The van der Waals surface area contributed by atoms with Crippen molar-refractivity contribution in [3.8, 4) is 0 Å². The fourth-order valence-electron chi connectivity index (χ4n) is 2.62. The summed E-state index contributed by atoms with van der Waals surface area (Å²) in [6.45, 7) is 0. The van der Waals surface area contributed by atoms with E-state index in [1.807, 2.05) is 6.07 Å². The minimum atomic E-state index is -0.122. The predicted molar refractivity (Wildman–Crippen MR) is 75.8 cm³/mol. The predicted octanol–water partition coefficient (Wildman–Crippen LogP) is 2.72. The van der Waals surface area contributed by atoms with Crippen molar-refractivity contribution in [3.05, 3.63) is 24.0 Å². The number of rotatable bonds is 3. The topological polar surface area (TPSA) is 63.0 Å². The molecule has 1 fully saturated rings. The van der Waals surface area contributed by atoms with E-state index in [1.54, 1.807) is 12.4 Å². The van der Waals surface area contributed by atoms with Gasteiger partial charge in [0.15, 0.2) is 0 Å². The van der Waals surface area contributed by atoms with Gasteiger partial charge in [0.05, 0.1) is 13.0 Å². The van der Waals surface area contributed by atoms with Gasteiger partial charge in [-0.3, -0.25) is 9.78 Å². The maximum Gasteiger partial charge on any atom is 0.308 e. The number of nitrogens with one attached hydrogen (secondary N) is 1. The van der Waals surface area contributed by atoms with E-state index in [9.17, 15) is 4.79 Å². The Balaban J connectivity index is 2.00. The number of aromatic nitrogens is 1. The summed E-state index contributed by atoms with van der Waals surface area (Å²) in [4.78, 5) is 16.2. The summed E-state index contributed by atoms with van der Waals surface area (Å²) in [6.07, 6.45) is 6.65. The number of methoxy groups -OCH3 is 1. The van der Waals surface area contributed by atoms with Crippen molar-refractivity contribution in [2.75, 3.05) is 7.11 Å². The highest BCUT2D eigenvalue weighted by atomic mass is 32.1. The molecule has 0 amide bonds. The molecule has 0 unspecified atom stereocenters. The summed E-state index contributed by atoms with van der Waals surface area (Å²) in [5, 5.41) is 8.29. The number of nitrogens with zero attached hydrogens (tertiary/aromatic N) is 1. The number of hydrogen-bond acceptors (Lipinski definition) is 5. The van der Waals surface area contributed by atoms with E-state index in [1.165, 1.54) is 7.11 Å². The zero-order valence-corrected chi connectivity index (χ0v) is 11.8. The lowest BCUT2D eigenvalue weighted by Gasteiger charge is -2.27. The Morgan fingerprint density at radius 1 is 1.37 bits per heavy atom. The van der Waals surface area contributed by atoms with Crippen LogP contribution in [0.15, 0.2) is 23.4 Å². The minimum Gasteiger partial charge on any atom is -0.469 e. The number of esters is 1. The second kappa shape index (κ2) is 6.19. The molecule has 1 aromatic rings. The molecule has 0 spiro atoms. The highest BCUT2D eigenvalue weighted by Gasteiger charge is 2.29. The van der Waals surface area contributed by atoms with E-state index < -0.39 is 0 Å². The second-order valence-corrected chi connectivity index (χ2v) is 5.36. The van der Waals surface area contributed by atoms with Gasteiger partial charge < -0.3 is 10.1 Å². The van der Waals surface area contributed by atoms with Crippen LogP contribution < -0.4 is 0 Å². The lowest BCUT2D eigenvalue weighted by atomic mass is 9.78. The highest BCUT2D eigenvalue weighted by molar-refractivity contribution is 7.80. The molecule has 5 heteroatoms. The highest BCUT2D eigenvalue weighted by Crippen LogP contribution is 2.32. The smallest absolute Gasteiger partial charge is 0.308 e. The van der Waals surface area contributed by atoms with Crippen LogP contribution in [0.1, 0.15) is 31.2 Å². The van der Waals surface area contributed by atoms with Gasteiger partial charge in [-0.2, -0.15) is 0 Å². The first-order chi connectivity index (χ1) is 9.13. The molecule has 0 radical (unpaired) electrons. The van der Waals surface area contributed by atoms with Gasteiger partial charge in [-0.05, 0) is 31.7 Å². The molecule has 1 aromatic heterocycles. The molecule has 2 rings (SSSR count). The van der Waals surface area contributed by atoms with Crippen LogP contribution >= 0.6 is 12.6 Å². The molecular formula is C14H18N2O2S. The summed E-state index contributed by atoms with van der Waals surface area (Å²) >= 11 is 4.34. The van der Waals surface area contributed by atoms with Gasteiger partial charge in [-0.1, -0.05) is 0 Å². The van der Waals surface area contributed by atoms with Crippen LogP contribution in [0, 0.1) is 17.2 Å². The maximum atomic E-state index is 11.5. The van der Waals surface area contributed by atoms with Gasteiger partial charge in [0.25, 0.3) is 0 Å². The van der Waals surface area contributed by atoms with Crippen molar-refractivity contribution in [3.63, 3.8) is 0 Å². The lowest BCUT2D eigenvalue weighted by molar-refractivity contribution is -0.146. The van der Waals surface area contributed by atoms with Crippen LogP contribution in [0.4, 0.5) is 0 Å². The van der Waals surface area contributed by atoms with Crippen LogP contribution in [0.3, 0.4) is 0 Å². The molecule has 1 N–H and O–H groups in total. The first-order valence-corrected chi connectivity index (χ1v) is 6.87. The monoisotopic (exact) mass is 278 g/mol. The molecular weight excluding hydrogens is 260 g/mol. The Morgan fingerprint density at radius 2 is 2.00 bits per heavy atom. The van der Waals surface area contributed by atoms with E-state index in [4.69, 9.17) is 10.1 Å². The van der Waals surface area contributed by atoms with Gasteiger partial charge in [0.2, 0.25) is 0 Å². The molecule has 0 aliphatic heterocycles. The molecule has 19 heavy (non-hydrogen) atoms. The number of ether oxygens (including phenoxy) is 1. The Bertz CT molecular complexity index is 482. The molecule has 0 atom stereocenters. The van der Waals surface area contributed by atoms with Gasteiger partial charge in [-0.25, -0.2) is 0 Å². The molecule has 1 heterocycles. The van der Waals surface area contributed by atoms with Crippen molar-refractivity contribution >= 4 is 24.3 Å². The third-order valence-corrected chi connectivity index (χ3v) is 4.12. The Kier molecular flexibility index (Phi) is 4.58. The first-order valence-electron chi connectivity index (χ1n) is 6.43. The number of hydrogen-bond donors (Lipinski definition) is 2. The minimum absolute atomic E-state index is 0.00182. The Hall–Kier alpha value is -1.36. The van der Waals surface area contributed by atoms with E-state index in [0.29, 0.717) is 5.71 Å². The number of carbonyl (C=O) groups is 1. The third-order valence-electron chi connectivity index (χ3n) is 3.76. The number of thiol groups is 1. The Labute approximate surface area is 118 Å². The fraction of sp³-hybridized carbons (Fsp3) is 0.500. The van der Waals surface area contributed by atoms with Gasteiger partial charge in [-0.15, -0.1) is 12.6 Å². The van der Waals surface area contributed by atoms with Crippen LogP contribution in [0.2, 0.25) is 0 Å². The zero-order chi connectivity index (χ0) is 13.8. The van der Waals surface area contributed by atoms with Crippen molar-refractivity contribution in [1.29, 1.82) is 5.41 Å². The lowest BCUT2D eigenvalue weighted by Crippen LogP contribution is -2.27. The third kappa shape index (κ3) is 3.15. The quantitative estimate of drug-likeness (QED) is 0.507. The van der Waals surface area contributed by atoms with Crippen molar-refractivity contribution in [1.82, 2.24) is 4.98 Å². The number of pyridine rings is 1. The summed E-state index contributed by atoms with van der Waals surface area (Å²) in [7, 11) is 1.43. The molecule has 0 bridgehead atoms. The second-order valence-electron chi connectivity index (χ2n) is 4.88. The van der Waals surface area contributed by atoms with Crippen molar-refractivity contribution < 1.29 is 9.53 Å². The molecule has 0 saturated heterocycles. The first kappa shape index (κ1) is 14.1. The average molecular weight is 278 g/mol. The van der Waals surface area contributed by atoms with Crippen molar-refractivity contribution in [2.24, 2.45) is 11.8 Å². The molecule has 1 aliphatic carbocycles. The van der Waals surface area contributed by atoms with Crippen LogP contribution in [0.5, 0.6) is 0 Å². The SMILES string of the molecule is COC(=O)C1CCC(C(=N)c2ccncc2S)CC1. The van der Waals surface area contributed by atoms with E-state index in [-0.39, 0.29) is 17.8 Å². The zero-order valence-electron chi connectivity index (χ0n) is 10.9. The largest absolute Gasteiger partial charge is 0.469 e. The van der Waals surface area contributed by atoms with E-state index >= 15 is 0 Å². The molecule has 1 saturated carbocycles. The molecule has 1 aliphatic rings. The van der Waals surface area contributed by atoms with E-state index in [2.05, 4.69) is 17.6 Å². The summed E-state index contributed by atoms with van der Waals surface area (Å²) < 4.78 is 4.78. The van der Waals surface area contributed by atoms with Gasteiger partial charge in [0.1, 0.15) is 0 Å². The number of carbonyl (C=O) groups excluding carboxylic acids is 1. The van der Waals surface area contributed by atoms with Crippen LogP contribution in [0.25, 0.3) is 0 Å². The van der Waals surface area contributed by atoms with Crippen molar-refractivity contribution in [2.45, 2.75) is 30.6 Å². The van der Waals surface area contributed by atoms with E-state index in [0.717, 1.165) is 36.1 Å². The van der Waals surface area contributed by atoms with Gasteiger partial charge in [0, 0.05) is 34.5 Å². The summed E-state index contributed by atoms with van der Waals surface area (Å²) in [5.41, 5.74) is 1.45. The summed E-state index contributed by atoms with van der Waals surface area (Å²) in [6, 6.07) is 1.83. The Morgan fingerprint density at radius 3 is 2.58 bits per heavy atom. The standard InChI is InChI=1S/C14H18N2O2S/c1-18-14(17)10-4-2-9(3-5-10)13(15)11-6-7-16-8-12(11)19/h6-10,15,19H,2-5H2,1H3. The van der Waals surface area contributed by atoms with Crippen LogP contribution in [-0.2, 0) is 9.53 Å². The fourth-order valence-corrected chi connectivity index (χ4v) is 2.88. The van der Waals surface area contributed by atoms with Crippen LogP contribution in [-0.4, -0.2) is 23.8 Å². The molecule has 0 aromatic carbocycles. The summed E-state index contributed by atoms with van der Waals surface area (Å²) in [5.74, 6) is 0.0833. The molecule has 4 nitrogen and oxygen atoms in total. The maximum absolute atomic E-state index is 11.5. The molecule has 102 valence electrons. The van der Waals surface area contributed by atoms with Gasteiger partial charge >= 0.3 is 5.97 Å².